The Labute approximate surface area is 141 Å². The van der Waals surface area contributed by atoms with Gasteiger partial charge in [-0.1, -0.05) is 24.3 Å². The van der Waals surface area contributed by atoms with E-state index in [1.54, 1.807) is 0 Å². The molecule has 0 unspecified atom stereocenters. The molecule has 6 nitrogen and oxygen atoms in total. The number of sulfonamides is 1. The van der Waals surface area contributed by atoms with Gasteiger partial charge >= 0.3 is 12.2 Å². The van der Waals surface area contributed by atoms with Crippen LogP contribution in [0.4, 0.5) is 23.7 Å². The highest BCUT2D eigenvalue weighted by Gasteiger charge is 2.33. The van der Waals surface area contributed by atoms with Crippen LogP contribution in [-0.4, -0.2) is 14.4 Å². The molecule has 2 amide bonds. The maximum atomic E-state index is 12.9. The number of urea groups is 1. The average Bonchev–Trinajstić information content (AvgIpc) is 2.52. The lowest BCUT2D eigenvalue weighted by molar-refractivity contribution is -0.136. The lowest BCUT2D eigenvalue weighted by Gasteiger charge is -2.14. The van der Waals surface area contributed by atoms with Crippen LogP contribution in [0.3, 0.4) is 0 Å². The molecule has 0 aromatic heterocycles. The van der Waals surface area contributed by atoms with Crippen molar-refractivity contribution < 1.29 is 26.4 Å². The van der Waals surface area contributed by atoms with E-state index in [9.17, 15) is 26.4 Å². The zero-order valence-corrected chi connectivity index (χ0v) is 13.5. The minimum atomic E-state index is -4.59. The molecule has 0 aliphatic rings. The third kappa shape index (κ3) is 5.19. The van der Waals surface area contributed by atoms with Gasteiger partial charge in [-0.25, -0.2) is 18.4 Å². The minimum Gasteiger partial charge on any atom is -0.334 e. The second kappa shape index (κ2) is 7.11. The summed E-state index contributed by atoms with van der Waals surface area (Å²) in [5.74, 6) is 0. The van der Waals surface area contributed by atoms with Crippen LogP contribution in [-0.2, 0) is 22.7 Å². The van der Waals surface area contributed by atoms with Crippen LogP contribution in [0.2, 0.25) is 0 Å². The number of benzene rings is 2. The summed E-state index contributed by atoms with van der Waals surface area (Å²) >= 11 is 0. The van der Waals surface area contributed by atoms with E-state index in [1.165, 1.54) is 36.4 Å². The summed E-state index contributed by atoms with van der Waals surface area (Å²) in [6.45, 7) is -0.00901. The zero-order chi connectivity index (χ0) is 18.7. The lowest BCUT2D eigenvalue weighted by Crippen LogP contribution is -2.29. The second-order valence-electron chi connectivity index (χ2n) is 5.04. The molecule has 0 radical (unpaired) electrons. The molecule has 0 aliphatic carbocycles. The summed E-state index contributed by atoms with van der Waals surface area (Å²) in [4.78, 5) is 11.7. The topological polar surface area (TPSA) is 101 Å². The van der Waals surface area contributed by atoms with Gasteiger partial charge in [0.1, 0.15) is 0 Å². The molecule has 134 valence electrons. The number of carbonyl (C=O) groups is 1. The molecule has 10 heteroatoms. The monoisotopic (exact) mass is 373 g/mol. The van der Waals surface area contributed by atoms with Gasteiger partial charge in [-0.05, 0) is 29.8 Å². The van der Waals surface area contributed by atoms with E-state index in [2.05, 4.69) is 10.6 Å². The molecule has 25 heavy (non-hydrogen) atoms. The van der Waals surface area contributed by atoms with Crippen LogP contribution in [0.15, 0.2) is 53.4 Å². The Morgan fingerprint density at radius 2 is 1.64 bits per heavy atom. The molecular formula is C15H14F3N3O3S. The Kier molecular flexibility index (Phi) is 5.33. The van der Waals surface area contributed by atoms with Crippen molar-refractivity contribution in [3.8, 4) is 0 Å². The van der Waals surface area contributed by atoms with Crippen molar-refractivity contribution in [3.63, 3.8) is 0 Å². The third-order valence-electron chi connectivity index (χ3n) is 3.19. The van der Waals surface area contributed by atoms with Gasteiger partial charge in [-0.15, -0.1) is 0 Å². The fourth-order valence-electron chi connectivity index (χ4n) is 1.99. The number of hydrogen-bond acceptors (Lipinski definition) is 3. The number of para-hydroxylation sites is 1. The van der Waals surface area contributed by atoms with Gasteiger partial charge in [0.05, 0.1) is 16.1 Å². The number of nitrogens with one attached hydrogen (secondary N) is 2. The van der Waals surface area contributed by atoms with Crippen molar-refractivity contribution in [2.45, 2.75) is 17.6 Å². The van der Waals surface area contributed by atoms with Crippen molar-refractivity contribution in [1.29, 1.82) is 0 Å². The van der Waals surface area contributed by atoms with Gasteiger partial charge in [-0.2, -0.15) is 13.2 Å². The van der Waals surface area contributed by atoms with Gasteiger partial charge in [-0.3, -0.25) is 0 Å². The molecule has 2 aromatic rings. The normalized spacial score (nSPS) is 11.8. The first-order valence-electron chi connectivity index (χ1n) is 6.90. The molecule has 0 saturated carbocycles. The van der Waals surface area contributed by atoms with Crippen molar-refractivity contribution in [1.82, 2.24) is 5.32 Å². The second-order valence-corrected chi connectivity index (χ2v) is 6.60. The number of anilines is 1. The number of nitrogens with two attached hydrogens (primary N) is 1. The Balaban J connectivity index is 2.00. The van der Waals surface area contributed by atoms with Crippen LogP contribution < -0.4 is 15.8 Å². The molecular weight excluding hydrogens is 359 g/mol. The van der Waals surface area contributed by atoms with Crippen molar-refractivity contribution in [3.05, 3.63) is 59.7 Å². The maximum absolute atomic E-state index is 12.9. The summed E-state index contributed by atoms with van der Waals surface area (Å²) < 4.78 is 60.8. The van der Waals surface area contributed by atoms with Crippen LogP contribution in [0.1, 0.15) is 11.1 Å². The average molecular weight is 373 g/mol. The summed E-state index contributed by atoms with van der Waals surface area (Å²) in [5.41, 5.74) is -0.772. The van der Waals surface area contributed by atoms with E-state index in [4.69, 9.17) is 5.14 Å². The Morgan fingerprint density at radius 3 is 2.20 bits per heavy atom. The predicted molar refractivity (Wildman–Crippen MR) is 85.1 cm³/mol. The first kappa shape index (κ1) is 18.7. The Hall–Kier alpha value is -2.59. The summed E-state index contributed by atoms with van der Waals surface area (Å²) in [5, 5.41) is 9.49. The number of primary sulfonamides is 1. The SMILES string of the molecule is NS(=O)(=O)c1ccc(CNC(=O)Nc2ccccc2C(F)(F)F)cc1. The van der Waals surface area contributed by atoms with E-state index in [0.717, 1.165) is 12.1 Å². The fourth-order valence-corrected chi connectivity index (χ4v) is 2.50. The zero-order valence-electron chi connectivity index (χ0n) is 12.7. The smallest absolute Gasteiger partial charge is 0.334 e. The van der Waals surface area contributed by atoms with Gasteiger partial charge in [0.15, 0.2) is 0 Å². The summed E-state index contributed by atoms with van der Waals surface area (Å²) in [6.07, 6.45) is -4.59. The highest BCUT2D eigenvalue weighted by Crippen LogP contribution is 2.34. The molecule has 0 aliphatic heterocycles. The standard InChI is InChI=1S/C15H14F3N3O3S/c16-15(17,18)12-3-1-2-4-13(12)21-14(22)20-9-10-5-7-11(8-6-10)25(19,23)24/h1-8H,9H2,(H2,19,23,24)(H2,20,21,22). The fraction of sp³-hybridized carbons (Fsp3) is 0.133. The van der Waals surface area contributed by atoms with E-state index in [-0.39, 0.29) is 17.1 Å². The van der Waals surface area contributed by atoms with Gasteiger partial charge in [0.2, 0.25) is 10.0 Å². The lowest BCUT2D eigenvalue weighted by atomic mass is 10.1. The largest absolute Gasteiger partial charge is 0.418 e. The van der Waals surface area contributed by atoms with Crippen LogP contribution in [0, 0.1) is 0 Å². The molecule has 0 saturated heterocycles. The quantitative estimate of drug-likeness (QED) is 0.768. The first-order valence-corrected chi connectivity index (χ1v) is 8.45. The summed E-state index contributed by atoms with van der Waals surface area (Å²) in [6, 6.07) is 9.17. The number of rotatable bonds is 4. The molecule has 0 bridgehead atoms. The summed E-state index contributed by atoms with van der Waals surface area (Å²) in [7, 11) is -3.82. The predicted octanol–water partition coefficient (Wildman–Crippen LogP) is 2.67. The van der Waals surface area contributed by atoms with Gasteiger partial charge in [0, 0.05) is 6.54 Å². The van der Waals surface area contributed by atoms with Crippen LogP contribution in [0.25, 0.3) is 0 Å². The molecule has 0 fully saturated rings. The molecule has 4 N–H and O–H groups in total. The molecule has 2 aromatic carbocycles. The van der Waals surface area contributed by atoms with Crippen LogP contribution in [0.5, 0.6) is 0 Å². The minimum absolute atomic E-state index is 0.00901. The maximum Gasteiger partial charge on any atom is 0.418 e. The van der Waals surface area contributed by atoms with Crippen molar-refractivity contribution >= 4 is 21.7 Å². The third-order valence-corrected chi connectivity index (χ3v) is 4.11. The van der Waals surface area contributed by atoms with Gasteiger partial charge < -0.3 is 10.6 Å². The van der Waals surface area contributed by atoms with E-state index in [1.807, 2.05) is 0 Å². The van der Waals surface area contributed by atoms with E-state index >= 15 is 0 Å². The van der Waals surface area contributed by atoms with E-state index < -0.39 is 27.8 Å². The highest BCUT2D eigenvalue weighted by atomic mass is 32.2. The van der Waals surface area contributed by atoms with E-state index in [0.29, 0.717) is 5.56 Å². The number of halogens is 3. The Morgan fingerprint density at radius 1 is 1.04 bits per heavy atom. The number of carbonyl (C=O) groups excluding carboxylic acids is 1. The molecule has 0 spiro atoms. The number of hydrogen-bond donors (Lipinski definition) is 3. The number of alkyl halides is 3. The number of amides is 2. The van der Waals surface area contributed by atoms with Crippen molar-refractivity contribution in [2.24, 2.45) is 5.14 Å². The highest BCUT2D eigenvalue weighted by molar-refractivity contribution is 7.89. The van der Waals surface area contributed by atoms with Gasteiger partial charge in [0.25, 0.3) is 0 Å². The molecule has 0 heterocycles. The molecule has 0 atom stereocenters. The Bertz CT molecular complexity index is 866. The van der Waals surface area contributed by atoms with Crippen molar-refractivity contribution in [2.75, 3.05) is 5.32 Å². The first-order chi connectivity index (χ1) is 11.6. The molecule has 2 rings (SSSR count). The van der Waals surface area contributed by atoms with Crippen LogP contribution >= 0.6 is 0 Å².